The molecule has 0 fully saturated rings. The lowest BCUT2D eigenvalue weighted by atomic mass is 10.2. The van der Waals surface area contributed by atoms with Gasteiger partial charge in [-0.05, 0) is 25.1 Å². The molecule has 4 nitrogen and oxygen atoms in total. The summed E-state index contributed by atoms with van der Waals surface area (Å²) in [6.45, 7) is 13.9. The SMILES string of the molecule is Cc1nc(CN)oc1CO[Si](C)(C)C(C)(C)C. The van der Waals surface area contributed by atoms with E-state index in [-0.39, 0.29) is 5.04 Å². The van der Waals surface area contributed by atoms with E-state index in [9.17, 15) is 0 Å². The van der Waals surface area contributed by atoms with Crippen molar-refractivity contribution in [3.05, 3.63) is 17.3 Å². The van der Waals surface area contributed by atoms with Crippen molar-refractivity contribution < 1.29 is 8.84 Å². The Balaban J connectivity index is 2.70. The third-order valence-corrected chi connectivity index (χ3v) is 7.96. The van der Waals surface area contributed by atoms with E-state index >= 15 is 0 Å². The number of hydrogen-bond acceptors (Lipinski definition) is 4. The summed E-state index contributed by atoms with van der Waals surface area (Å²) in [4.78, 5) is 4.24. The smallest absolute Gasteiger partial charge is 0.208 e. The van der Waals surface area contributed by atoms with Gasteiger partial charge in [0.25, 0.3) is 0 Å². The van der Waals surface area contributed by atoms with Crippen LogP contribution in [-0.2, 0) is 17.6 Å². The Hall–Kier alpha value is -0.653. The lowest BCUT2D eigenvalue weighted by molar-refractivity contribution is 0.242. The quantitative estimate of drug-likeness (QED) is 0.841. The van der Waals surface area contributed by atoms with Crippen LogP contribution in [0.2, 0.25) is 18.1 Å². The first kappa shape index (κ1) is 14.4. The number of nitrogens with two attached hydrogens (primary N) is 1. The van der Waals surface area contributed by atoms with Crippen LogP contribution in [0.25, 0.3) is 0 Å². The maximum Gasteiger partial charge on any atom is 0.208 e. The molecule has 0 spiro atoms. The second-order valence-electron chi connectivity index (χ2n) is 5.87. The number of nitrogens with zero attached hydrogens (tertiary/aromatic N) is 1. The van der Waals surface area contributed by atoms with E-state index in [0.717, 1.165) is 11.5 Å². The van der Waals surface area contributed by atoms with Gasteiger partial charge in [-0.2, -0.15) is 0 Å². The molecule has 0 aliphatic heterocycles. The molecule has 0 radical (unpaired) electrons. The predicted octanol–water partition coefficient (Wildman–Crippen LogP) is 2.96. The van der Waals surface area contributed by atoms with Crippen molar-refractivity contribution in [1.29, 1.82) is 0 Å². The fraction of sp³-hybridized carbons (Fsp3) is 0.750. The van der Waals surface area contributed by atoms with E-state index in [1.807, 2.05) is 6.92 Å². The van der Waals surface area contributed by atoms with E-state index in [0.29, 0.717) is 19.0 Å². The van der Waals surface area contributed by atoms with Crippen LogP contribution in [0.5, 0.6) is 0 Å². The van der Waals surface area contributed by atoms with Crippen molar-refractivity contribution in [2.24, 2.45) is 5.73 Å². The summed E-state index contributed by atoms with van der Waals surface area (Å²) >= 11 is 0. The monoisotopic (exact) mass is 256 g/mol. The zero-order valence-corrected chi connectivity index (χ0v) is 12.8. The number of aromatic nitrogens is 1. The van der Waals surface area contributed by atoms with E-state index in [4.69, 9.17) is 14.6 Å². The van der Waals surface area contributed by atoms with Gasteiger partial charge in [-0.3, -0.25) is 0 Å². The van der Waals surface area contributed by atoms with Crippen LogP contribution in [-0.4, -0.2) is 13.3 Å². The molecule has 1 heterocycles. The molecule has 0 amide bonds. The molecule has 1 rings (SSSR count). The molecule has 1 aromatic rings. The van der Waals surface area contributed by atoms with Crippen molar-refractivity contribution >= 4 is 8.32 Å². The van der Waals surface area contributed by atoms with E-state index in [1.165, 1.54) is 0 Å². The molecule has 0 saturated carbocycles. The lowest BCUT2D eigenvalue weighted by Gasteiger charge is -2.35. The van der Waals surface area contributed by atoms with Crippen molar-refractivity contribution in [2.45, 2.75) is 59.0 Å². The fourth-order valence-electron chi connectivity index (χ4n) is 1.17. The van der Waals surface area contributed by atoms with Crippen LogP contribution >= 0.6 is 0 Å². The minimum atomic E-state index is -1.73. The van der Waals surface area contributed by atoms with Gasteiger partial charge in [0.1, 0.15) is 0 Å². The number of rotatable bonds is 4. The van der Waals surface area contributed by atoms with Crippen LogP contribution < -0.4 is 5.73 Å². The van der Waals surface area contributed by atoms with Gasteiger partial charge in [0, 0.05) is 0 Å². The molecule has 0 unspecified atom stereocenters. The summed E-state index contributed by atoms with van der Waals surface area (Å²) in [7, 11) is -1.73. The Bertz CT molecular complexity index is 380. The number of oxazole rings is 1. The topological polar surface area (TPSA) is 61.3 Å². The maximum absolute atomic E-state index is 6.08. The van der Waals surface area contributed by atoms with Crippen LogP contribution in [0.3, 0.4) is 0 Å². The van der Waals surface area contributed by atoms with Gasteiger partial charge in [0.2, 0.25) is 5.89 Å². The Morgan fingerprint density at radius 2 is 1.94 bits per heavy atom. The minimum absolute atomic E-state index is 0.206. The maximum atomic E-state index is 6.08. The highest BCUT2D eigenvalue weighted by Crippen LogP contribution is 2.37. The largest absolute Gasteiger partial charge is 0.442 e. The molecule has 1 aromatic heterocycles. The van der Waals surface area contributed by atoms with E-state index in [2.05, 4.69) is 38.8 Å². The van der Waals surface area contributed by atoms with Crippen LogP contribution in [0.4, 0.5) is 0 Å². The molecule has 17 heavy (non-hydrogen) atoms. The molecule has 0 bridgehead atoms. The highest BCUT2D eigenvalue weighted by molar-refractivity contribution is 6.74. The molecule has 0 aromatic carbocycles. The number of hydrogen-bond donors (Lipinski definition) is 1. The average Bonchev–Trinajstić information content (AvgIpc) is 2.55. The Kier molecular flexibility index (Phi) is 4.17. The molecule has 5 heteroatoms. The zero-order valence-electron chi connectivity index (χ0n) is 11.8. The first-order valence-electron chi connectivity index (χ1n) is 5.96. The molecule has 0 atom stereocenters. The van der Waals surface area contributed by atoms with Crippen LogP contribution in [0.15, 0.2) is 4.42 Å². The highest BCUT2D eigenvalue weighted by Gasteiger charge is 2.37. The summed E-state index contributed by atoms with van der Waals surface area (Å²) in [6.07, 6.45) is 0. The van der Waals surface area contributed by atoms with Gasteiger partial charge < -0.3 is 14.6 Å². The predicted molar refractivity (Wildman–Crippen MR) is 71.1 cm³/mol. The second-order valence-corrected chi connectivity index (χ2v) is 10.7. The van der Waals surface area contributed by atoms with Crippen molar-refractivity contribution in [1.82, 2.24) is 4.98 Å². The van der Waals surface area contributed by atoms with Gasteiger partial charge in [0.05, 0.1) is 18.8 Å². The van der Waals surface area contributed by atoms with E-state index < -0.39 is 8.32 Å². The molecular weight excluding hydrogens is 232 g/mol. The van der Waals surface area contributed by atoms with E-state index in [1.54, 1.807) is 0 Å². The number of aryl methyl sites for hydroxylation is 1. The summed E-state index contributed by atoms with van der Waals surface area (Å²) in [5.41, 5.74) is 6.37. The van der Waals surface area contributed by atoms with Gasteiger partial charge in [0.15, 0.2) is 14.1 Å². The van der Waals surface area contributed by atoms with Gasteiger partial charge in [-0.15, -0.1) is 0 Å². The lowest BCUT2D eigenvalue weighted by Crippen LogP contribution is -2.40. The summed E-state index contributed by atoms with van der Waals surface area (Å²) in [6, 6.07) is 0. The van der Waals surface area contributed by atoms with Gasteiger partial charge in [-0.1, -0.05) is 20.8 Å². The van der Waals surface area contributed by atoms with Crippen molar-refractivity contribution in [3.63, 3.8) is 0 Å². The molecule has 0 aliphatic rings. The van der Waals surface area contributed by atoms with Crippen LogP contribution in [0.1, 0.15) is 38.1 Å². The summed E-state index contributed by atoms with van der Waals surface area (Å²) < 4.78 is 11.6. The zero-order chi connectivity index (χ0) is 13.3. The minimum Gasteiger partial charge on any atom is -0.442 e. The standard InChI is InChI=1S/C12H24N2O2Si/c1-9-10(16-11(7-13)14-9)8-15-17(5,6)12(2,3)4/h7-8,13H2,1-6H3. The van der Waals surface area contributed by atoms with Crippen molar-refractivity contribution in [3.8, 4) is 0 Å². The summed E-state index contributed by atoms with van der Waals surface area (Å²) in [5.74, 6) is 1.38. The molecule has 98 valence electrons. The third-order valence-electron chi connectivity index (χ3n) is 3.48. The van der Waals surface area contributed by atoms with Crippen molar-refractivity contribution in [2.75, 3.05) is 0 Å². The first-order chi connectivity index (χ1) is 7.67. The first-order valence-corrected chi connectivity index (χ1v) is 8.87. The second kappa shape index (κ2) is 4.92. The fourth-order valence-corrected chi connectivity index (χ4v) is 2.10. The summed E-state index contributed by atoms with van der Waals surface area (Å²) in [5, 5.41) is 0.206. The van der Waals surface area contributed by atoms with Gasteiger partial charge in [-0.25, -0.2) is 4.98 Å². The third kappa shape index (κ3) is 3.40. The highest BCUT2D eigenvalue weighted by atomic mass is 28.4. The van der Waals surface area contributed by atoms with Crippen LogP contribution in [0, 0.1) is 6.92 Å². The Morgan fingerprint density at radius 3 is 2.35 bits per heavy atom. The van der Waals surface area contributed by atoms with Gasteiger partial charge >= 0.3 is 0 Å². The molecular formula is C12H24N2O2Si. The molecule has 0 saturated heterocycles. The average molecular weight is 256 g/mol. The normalized spacial score (nSPS) is 13.1. The molecule has 2 N–H and O–H groups in total. The molecule has 0 aliphatic carbocycles. The Morgan fingerprint density at radius 1 is 1.35 bits per heavy atom. The Labute approximate surface area is 105 Å².